The maximum absolute atomic E-state index is 12.7. The van der Waals surface area contributed by atoms with Gasteiger partial charge in [-0.25, -0.2) is 0 Å². The molecule has 1 heterocycles. The van der Waals surface area contributed by atoms with E-state index in [2.05, 4.69) is 11.9 Å². The molecule has 0 aromatic heterocycles. The first-order valence-corrected chi connectivity index (χ1v) is 8.62. The summed E-state index contributed by atoms with van der Waals surface area (Å²) in [6.07, 6.45) is 3.85. The Morgan fingerprint density at radius 3 is 2.56 bits per heavy atom. The average Bonchev–Trinajstić information content (AvgIpc) is 2.68. The molecule has 1 amide bonds. The highest BCUT2D eigenvalue weighted by Crippen LogP contribution is 2.20. The van der Waals surface area contributed by atoms with Crippen LogP contribution in [0, 0.1) is 0 Å². The molecule has 3 rings (SSSR count). The fourth-order valence-corrected chi connectivity index (χ4v) is 3.15. The number of hydrogen-bond acceptors (Lipinski definition) is 3. The number of carbonyl (C=O) groups is 1. The number of nitrogens with one attached hydrogen (secondary N) is 1. The van der Waals surface area contributed by atoms with Crippen LogP contribution in [-0.4, -0.2) is 37.0 Å². The van der Waals surface area contributed by atoms with E-state index >= 15 is 0 Å². The van der Waals surface area contributed by atoms with Gasteiger partial charge in [0.1, 0.15) is 5.75 Å². The average molecular weight is 336 g/mol. The van der Waals surface area contributed by atoms with Gasteiger partial charge in [-0.2, -0.15) is 0 Å². The van der Waals surface area contributed by atoms with E-state index < -0.39 is 0 Å². The Labute approximate surface area is 149 Å². The summed E-state index contributed by atoms with van der Waals surface area (Å²) in [7, 11) is 1.66. The first-order chi connectivity index (χ1) is 12.2. The Morgan fingerprint density at radius 1 is 1.20 bits per heavy atom. The summed E-state index contributed by atoms with van der Waals surface area (Å²) in [4.78, 5) is 14.7. The maximum Gasteiger partial charge on any atom is 0.253 e. The van der Waals surface area contributed by atoms with E-state index in [1.807, 2.05) is 53.4 Å². The van der Waals surface area contributed by atoms with Gasteiger partial charge in [-0.1, -0.05) is 24.8 Å². The zero-order chi connectivity index (χ0) is 17.6. The normalized spacial score (nSPS) is 17.0. The second-order valence-corrected chi connectivity index (χ2v) is 6.29. The quantitative estimate of drug-likeness (QED) is 0.895. The van der Waals surface area contributed by atoms with E-state index in [9.17, 15) is 4.79 Å². The number of amides is 1. The summed E-state index contributed by atoms with van der Waals surface area (Å²) in [5, 5.41) is 3.52. The lowest BCUT2D eigenvalue weighted by Crippen LogP contribution is -2.45. The van der Waals surface area contributed by atoms with Crippen LogP contribution in [0.1, 0.15) is 28.8 Å². The van der Waals surface area contributed by atoms with Gasteiger partial charge in [-0.15, -0.1) is 0 Å². The minimum Gasteiger partial charge on any atom is -0.497 e. The van der Waals surface area contributed by atoms with E-state index in [0.717, 1.165) is 42.0 Å². The van der Waals surface area contributed by atoms with Crippen LogP contribution in [0.3, 0.4) is 0 Å². The highest BCUT2D eigenvalue weighted by molar-refractivity contribution is 5.94. The molecule has 0 spiro atoms. The maximum atomic E-state index is 12.7. The fourth-order valence-electron chi connectivity index (χ4n) is 3.15. The Kier molecular flexibility index (Phi) is 5.39. The number of benzene rings is 2. The molecule has 1 aliphatic rings. The van der Waals surface area contributed by atoms with Crippen molar-refractivity contribution in [1.82, 2.24) is 4.90 Å². The van der Waals surface area contributed by atoms with E-state index in [0.29, 0.717) is 6.54 Å². The Morgan fingerprint density at radius 2 is 1.92 bits per heavy atom. The van der Waals surface area contributed by atoms with Crippen molar-refractivity contribution in [3.05, 3.63) is 66.2 Å². The van der Waals surface area contributed by atoms with Crippen molar-refractivity contribution in [3.63, 3.8) is 0 Å². The molecule has 0 unspecified atom stereocenters. The van der Waals surface area contributed by atoms with Crippen LogP contribution < -0.4 is 10.1 Å². The molecule has 4 heteroatoms. The number of methoxy groups -OCH3 is 1. The number of hydrogen-bond donors (Lipinski definition) is 1. The van der Waals surface area contributed by atoms with Gasteiger partial charge in [0.05, 0.1) is 7.11 Å². The summed E-state index contributed by atoms with van der Waals surface area (Å²) in [6.45, 7) is 5.27. The van der Waals surface area contributed by atoms with Crippen molar-refractivity contribution in [1.29, 1.82) is 0 Å². The van der Waals surface area contributed by atoms with Gasteiger partial charge in [0.25, 0.3) is 5.91 Å². The molecular formula is C21H24N2O2. The van der Waals surface area contributed by atoms with Gasteiger partial charge in [-0.05, 0) is 54.8 Å². The zero-order valence-electron chi connectivity index (χ0n) is 14.6. The molecule has 0 bridgehead atoms. The number of ether oxygens (including phenoxy) is 1. The monoisotopic (exact) mass is 336 g/mol. The molecule has 4 nitrogen and oxygen atoms in total. The summed E-state index contributed by atoms with van der Waals surface area (Å²) in [6, 6.07) is 15.8. The predicted octanol–water partition coefficient (Wildman–Crippen LogP) is 4.05. The lowest BCUT2D eigenvalue weighted by Gasteiger charge is -2.33. The first kappa shape index (κ1) is 17.1. The highest BCUT2D eigenvalue weighted by atomic mass is 16.5. The summed E-state index contributed by atoms with van der Waals surface area (Å²) in [5.74, 6) is 0.936. The van der Waals surface area contributed by atoms with Crippen LogP contribution in [0.4, 0.5) is 5.69 Å². The van der Waals surface area contributed by atoms with Crippen LogP contribution in [0.15, 0.2) is 55.1 Å². The van der Waals surface area contributed by atoms with E-state index in [1.54, 1.807) is 13.2 Å². The minimum absolute atomic E-state index is 0.0943. The molecule has 0 saturated carbocycles. The molecule has 1 N–H and O–H groups in total. The number of piperidine rings is 1. The van der Waals surface area contributed by atoms with Crippen LogP contribution in [0.2, 0.25) is 0 Å². The minimum atomic E-state index is 0.0943. The molecule has 0 aliphatic carbocycles. The third-order valence-electron chi connectivity index (χ3n) is 4.56. The fraction of sp³-hybridized carbons (Fsp3) is 0.286. The first-order valence-electron chi connectivity index (χ1n) is 8.62. The molecule has 2 aromatic rings. The lowest BCUT2D eigenvalue weighted by atomic mass is 10.0. The third-order valence-corrected chi connectivity index (χ3v) is 4.56. The molecule has 0 radical (unpaired) electrons. The SMILES string of the molecule is C=Cc1ccc(C(=O)N2CCC[C@H](Nc3ccc(OC)cc3)C2)cc1. The molecule has 2 aromatic carbocycles. The second kappa shape index (κ2) is 7.88. The van der Waals surface area contributed by atoms with Crippen molar-refractivity contribution in [3.8, 4) is 5.75 Å². The van der Waals surface area contributed by atoms with Crippen molar-refractivity contribution in [2.75, 3.05) is 25.5 Å². The number of nitrogens with zero attached hydrogens (tertiary/aromatic N) is 1. The molecule has 1 fully saturated rings. The predicted molar refractivity (Wildman–Crippen MR) is 102 cm³/mol. The van der Waals surface area contributed by atoms with Gasteiger partial charge in [0, 0.05) is 30.4 Å². The molecule has 1 aliphatic heterocycles. The standard InChI is InChI=1S/C21H24N2O2/c1-3-16-6-8-17(9-7-16)21(24)23-14-4-5-19(15-23)22-18-10-12-20(25-2)13-11-18/h3,6-13,19,22H,1,4-5,14-15H2,2H3/t19-/m0/s1. The van der Waals surface area contributed by atoms with Gasteiger partial charge in [0.2, 0.25) is 0 Å². The Bertz CT molecular complexity index is 723. The molecule has 130 valence electrons. The largest absolute Gasteiger partial charge is 0.497 e. The zero-order valence-corrected chi connectivity index (χ0v) is 14.6. The lowest BCUT2D eigenvalue weighted by molar-refractivity contribution is 0.0715. The molecule has 1 saturated heterocycles. The molecule has 1 atom stereocenters. The third kappa shape index (κ3) is 4.21. The summed E-state index contributed by atoms with van der Waals surface area (Å²) in [5.41, 5.74) is 2.81. The van der Waals surface area contributed by atoms with Crippen molar-refractivity contribution >= 4 is 17.7 Å². The smallest absolute Gasteiger partial charge is 0.253 e. The van der Waals surface area contributed by atoms with Crippen molar-refractivity contribution in [2.24, 2.45) is 0 Å². The van der Waals surface area contributed by atoms with Crippen LogP contribution in [-0.2, 0) is 0 Å². The summed E-state index contributed by atoms with van der Waals surface area (Å²) < 4.78 is 5.19. The topological polar surface area (TPSA) is 41.6 Å². The van der Waals surface area contributed by atoms with Gasteiger partial charge in [-0.3, -0.25) is 4.79 Å². The van der Waals surface area contributed by atoms with Crippen LogP contribution >= 0.6 is 0 Å². The van der Waals surface area contributed by atoms with Crippen LogP contribution in [0.5, 0.6) is 5.75 Å². The van der Waals surface area contributed by atoms with Gasteiger partial charge >= 0.3 is 0 Å². The van der Waals surface area contributed by atoms with Gasteiger partial charge < -0.3 is 15.0 Å². The Balaban J connectivity index is 1.63. The van der Waals surface area contributed by atoms with Gasteiger partial charge in [0.15, 0.2) is 0 Å². The summed E-state index contributed by atoms with van der Waals surface area (Å²) >= 11 is 0. The van der Waals surface area contributed by atoms with E-state index in [1.165, 1.54) is 0 Å². The van der Waals surface area contributed by atoms with Crippen molar-refractivity contribution < 1.29 is 9.53 Å². The molecule has 25 heavy (non-hydrogen) atoms. The van der Waals surface area contributed by atoms with Crippen LogP contribution in [0.25, 0.3) is 6.08 Å². The number of rotatable bonds is 5. The van der Waals surface area contributed by atoms with Crippen molar-refractivity contribution in [2.45, 2.75) is 18.9 Å². The number of likely N-dealkylation sites (tertiary alicyclic amines) is 1. The second-order valence-electron chi connectivity index (χ2n) is 6.29. The number of carbonyl (C=O) groups excluding carboxylic acids is 1. The Hall–Kier alpha value is -2.75. The van der Waals surface area contributed by atoms with E-state index in [-0.39, 0.29) is 11.9 Å². The highest BCUT2D eigenvalue weighted by Gasteiger charge is 2.24. The van der Waals surface area contributed by atoms with E-state index in [4.69, 9.17) is 4.74 Å². The number of anilines is 1. The molecular weight excluding hydrogens is 312 g/mol.